The number of hydrogen-bond acceptors (Lipinski definition) is 4. The minimum absolute atomic E-state index is 0.000231. The smallest absolute Gasteiger partial charge is 0.326 e. The molecule has 1 atom stereocenters. The van der Waals surface area contributed by atoms with Crippen molar-refractivity contribution in [3.63, 3.8) is 0 Å². The van der Waals surface area contributed by atoms with Crippen LogP contribution < -0.4 is 10.1 Å². The topological polar surface area (TPSA) is 95.9 Å². The van der Waals surface area contributed by atoms with Gasteiger partial charge in [-0.05, 0) is 24.1 Å². The van der Waals surface area contributed by atoms with Crippen LogP contribution >= 0.6 is 0 Å². The van der Waals surface area contributed by atoms with Gasteiger partial charge in [0.25, 0.3) is 0 Å². The molecule has 0 aliphatic rings. The molecule has 110 valence electrons. The fourth-order valence-electron chi connectivity index (χ4n) is 1.74. The van der Waals surface area contributed by atoms with Gasteiger partial charge in [-0.2, -0.15) is 0 Å². The van der Waals surface area contributed by atoms with Crippen LogP contribution in [0.1, 0.15) is 18.4 Å². The first-order valence-electron chi connectivity index (χ1n) is 6.32. The lowest BCUT2D eigenvalue weighted by Crippen LogP contribution is -2.41. The average Bonchev–Trinajstić information content (AvgIpc) is 2.44. The minimum atomic E-state index is -1.14. The van der Waals surface area contributed by atoms with E-state index in [9.17, 15) is 9.59 Å². The molecule has 0 saturated heterocycles. The number of carbonyl (C=O) groups excluding carboxylic acids is 1. The SMILES string of the molecule is COc1cccc(CCC(=O)N[C@H](CCO)C(=O)O)c1. The van der Waals surface area contributed by atoms with Crippen LogP contribution in [0.5, 0.6) is 5.75 Å². The minimum Gasteiger partial charge on any atom is -0.497 e. The molecule has 0 saturated carbocycles. The van der Waals surface area contributed by atoms with Gasteiger partial charge in [0.1, 0.15) is 11.8 Å². The molecule has 0 heterocycles. The molecule has 1 aromatic rings. The predicted octanol–water partition coefficient (Wildman–Crippen LogP) is 0.580. The monoisotopic (exact) mass is 281 g/mol. The summed E-state index contributed by atoms with van der Waals surface area (Å²) in [4.78, 5) is 22.5. The molecular weight excluding hydrogens is 262 g/mol. The molecule has 0 bridgehead atoms. The highest BCUT2D eigenvalue weighted by atomic mass is 16.5. The van der Waals surface area contributed by atoms with E-state index in [0.29, 0.717) is 12.2 Å². The standard InChI is InChI=1S/C14H19NO5/c1-20-11-4-2-3-10(9-11)5-6-13(17)15-12(7-8-16)14(18)19/h2-4,9,12,16H,5-8H2,1H3,(H,15,17)(H,18,19)/t12-/m1/s1. The van der Waals surface area contributed by atoms with Crippen molar-refractivity contribution in [1.29, 1.82) is 0 Å². The van der Waals surface area contributed by atoms with E-state index in [-0.39, 0.29) is 25.4 Å². The third-order valence-corrected chi connectivity index (χ3v) is 2.83. The maximum Gasteiger partial charge on any atom is 0.326 e. The summed E-state index contributed by atoms with van der Waals surface area (Å²) >= 11 is 0. The van der Waals surface area contributed by atoms with Gasteiger partial charge in [-0.25, -0.2) is 4.79 Å². The third-order valence-electron chi connectivity index (χ3n) is 2.83. The Kier molecular flexibility index (Phi) is 6.52. The van der Waals surface area contributed by atoms with Gasteiger partial charge in [0.05, 0.1) is 7.11 Å². The number of amides is 1. The maximum absolute atomic E-state index is 11.7. The van der Waals surface area contributed by atoms with Crippen LogP contribution in [0.25, 0.3) is 0 Å². The zero-order valence-corrected chi connectivity index (χ0v) is 11.3. The number of aliphatic carboxylic acids is 1. The van der Waals surface area contributed by atoms with Crippen molar-refractivity contribution in [2.75, 3.05) is 13.7 Å². The molecule has 0 aromatic heterocycles. The molecule has 6 heteroatoms. The van der Waals surface area contributed by atoms with Crippen molar-refractivity contribution in [2.45, 2.75) is 25.3 Å². The summed E-state index contributed by atoms with van der Waals surface area (Å²) in [6, 6.07) is 6.30. The largest absolute Gasteiger partial charge is 0.497 e. The highest BCUT2D eigenvalue weighted by molar-refractivity contribution is 5.83. The fourth-order valence-corrected chi connectivity index (χ4v) is 1.74. The molecular formula is C14H19NO5. The number of carbonyl (C=O) groups is 2. The molecule has 0 aliphatic heterocycles. The molecule has 0 fully saturated rings. The summed E-state index contributed by atoms with van der Waals surface area (Å²) in [6.07, 6.45) is 0.678. The van der Waals surface area contributed by atoms with Crippen molar-refractivity contribution in [1.82, 2.24) is 5.32 Å². The van der Waals surface area contributed by atoms with E-state index in [1.54, 1.807) is 7.11 Å². The maximum atomic E-state index is 11.7. The van der Waals surface area contributed by atoms with E-state index in [4.69, 9.17) is 14.9 Å². The second-order valence-electron chi connectivity index (χ2n) is 4.32. The number of nitrogens with one attached hydrogen (secondary N) is 1. The summed E-state index contributed by atoms with van der Waals surface area (Å²) in [7, 11) is 1.57. The average molecular weight is 281 g/mol. The lowest BCUT2D eigenvalue weighted by molar-refractivity contribution is -0.142. The van der Waals surface area contributed by atoms with Gasteiger partial charge < -0.3 is 20.3 Å². The highest BCUT2D eigenvalue weighted by Crippen LogP contribution is 2.13. The number of methoxy groups -OCH3 is 1. The number of hydrogen-bond donors (Lipinski definition) is 3. The first-order valence-corrected chi connectivity index (χ1v) is 6.32. The van der Waals surface area contributed by atoms with Crippen LogP contribution in [-0.2, 0) is 16.0 Å². The normalized spacial score (nSPS) is 11.7. The number of rotatable bonds is 8. The Bertz CT molecular complexity index is 461. The number of aryl methyl sites for hydroxylation is 1. The molecule has 3 N–H and O–H groups in total. The summed E-state index contributed by atoms with van der Waals surface area (Å²) in [5.41, 5.74) is 0.938. The first-order chi connectivity index (χ1) is 9.56. The molecule has 6 nitrogen and oxygen atoms in total. The number of aliphatic hydroxyl groups is 1. The Morgan fingerprint density at radius 1 is 1.40 bits per heavy atom. The van der Waals surface area contributed by atoms with Crippen molar-refractivity contribution in [3.8, 4) is 5.75 Å². The lowest BCUT2D eigenvalue weighted by Gasteiger charge is -2.13. The molecule has 0 spiro atoms. The summed E-state index contributed by atoms with van der Waals surface area (Å²) < 4.78 is 5.08. The Labute approximate surface area is 117 Å². The van der Waals surface area contributed by atoms with Crippen LogP contribution in [-0.4, -0.2) is 41.8 Å². The summed E-state index contributed by atoms with van der Waals surface area (Å²) in [6.45, 7) is -0.285. The van der Waals surface area contributed by atoms with Gasteiger partial charge in [0.15, 0.2) is 0 Å². The van der Waals surface area contributed by atoms with Gasteiger partial charge >= 0.3 is 5.97 Å². The zero-order valence-electron chi connectivity index (χ0n) is 11.3. The Morgan fingerprint density at radius 3 is 2.75 bits per heavy atom. The number of ether oxygens (including phenoxy) is 1. The summed E-state index contributed by atoms with van der Waals surface area (Å²) in [5, 5.41) is 20.0. The highest BCUT2D eigenvalue weighted by Gasteiger charge is 2.18. The second-order valence-corrected chi connectivity index (χ2v) is 4.32. The Balaban J connectivity index is 2.47. The van der Waals surface area contributed by atoms with E-state index < -0.39 is 12.0 Å². The molecule has 0 radical (unpaired) electrons. The molecule has 0 aliphatic carbocycles. The number of carboxylic acid groups (broad SMARTS) is 1. The number of aliphatic hydroxyl groups excluding tert-OH is 1. The van der Waals surface area contributed by atoms with Crippen molar-refractivity contribution in [3.05, 3.63) is 29.8 Å². The van der Waals surface area contributed by atoms with Gasteiger partial charge in [-0.3, -0.25) is 4.79 Å². The molecule has 1 rings (SSSR count). The van der Waals surface area contributed by atoms with Gasteiger partial charge in [0, 0.05) is 19.4 Å². The lowest BCUT2D eigenvalue weighted by atomic mass is 10.1. The molecule has 1 aromatic carbocycles. The first kappa shape index (κ1) is 16.0. The van der Waals surface area contributed by atoms with Crippen molar-refractivity contribution in [2.24, 2.45) is 0 Å². The van der Waals surface area contributed by atoms with Crippen LogP contribution in [0.2, 0.25) is 0 Å². The van der Waals surface area contributed by atoms with Gasteiger partial charge in [0.2, 0.25) is 5.91 Å². The molecule has 1 amide bonds. The van der Waals surface area contributed by atoms with Crippen LogP contribution in [0.3, 0.4) is 0 Å². The van der Waals surface area contributed by atoms with E-state index in [0.717, 1.165) is 5.56 Å². The van der Waals surface area contributed by atoms with Gasteiger partial charge in [-0.1, -0.05) is 12.1 Å². The Morgan fingerprint density at radius 2 is 2.15 bits per heavy atom. The van der Waals surface area contributed by atoms with Crippen molar-refractivity contribution >= 4 is 11.9 Å². The van der Waals surface area contributed by atoms with E-state index in [1.807, 2.05) is 24.3 Å². The van der Waals surface area contributed by atoms with Crippen molar-refractivity contribution < 1.29 is 24.5 Å². The van der Waals surface area contributed by atoms with E-state index >= 15 is 0 Å². The predicted molar refractivity (Wildman–Crippen MR) is 72.6 cm³/mol. The third kappa shape index (κ3) is 5.27. The number of carboxylic acids is 1. The summed E-state index contributed by atoms with van der Waals surface area (Å²) in [5.74, 6) is -0.783. The fraction of sp³-hybridized carbons (Fsp3) is 0.429. The van der Waals surface area contributed by atoms with Crippen LogP contribution in [0, 0.1) is 0 Å². The van der Waals surface area contributed by atoms with Crippen LogP contribution in [0.4, 0.5) is 0 Å². The van der Waals surface area contributed by atoms with Gasteiger partial charge in [-0.15, -0.1) is 0 Å². The van der Waals surface area contributed by atoms with Crippen LogP contribution in [0.15, 0.2) is 24.3 Å². The van der Waals surface area contributed by atoms with E-state index in [1.165, 1.54) is 0 Å². The number of benzene rings is 1. The van der Waals surface area contributed by atoms with E-state index in [2.05, 4.69) is 5.32 Å². The quantitative estimate of drug-likeness (QED) is 0.648. The Hall–Kier alpha value is -2.08. The molecule has 0 unspecified atom stereocenters. The second kappa shape index (κ2) is 8.16. The molecule has 20 heavy (non-hydrogen) atoms. The zero-order chi connectivity index (χ0) is 15.0.